The third-order valence-electron chi connectivity index (χ3n) is 3.48. The predicted molar refractivity (Wildman–Crippen MR) is 99.3 cm³/mol. The number of nitrogens with zero attached hydrogens (tertiary/aromatic N) is 1. The molecular weight excluding hydrogens is 340 g/mol. The number of aryl methyl sites for hydroxylation is 1. The number of rotatable bonds is 6. The van der Waals surface area contributed by atoms with E-state index in [2.05, 4.69) is 15.7 Å². The first-order valence-electron chi connectivity index (χ1n) is 7.53. The zero-order valence-corrected chi connectivity index (χ0v) is 14.6. The number of nitrogens with two attached hydrogens (primary N) is 1. The molecule has 0 saturated carbocycles. The molecule has 0 aliphatic carbocycles. The molecule has 130 valence electrons. The van der Waals surface area contributed by atoms with Crippen LogP contribution in [0.3, 0.4) is 0 Å². The van der Waals surface area contributed by atoms with E-state index in [4.69, 9.17) is 15.3 Å². The summed E-state index contributed by atoms with van der Waals surface area (Å²) in [5.41, 5.74) is 4.94. The second-order valence-corrected chi connectivity index (χ2v) is 6.37. The molecule has 4 N–H and O–H groups in total. The molecule has 3 aromatic rings. The van der Waals surface area contributed by atoms with Crippen LogP contribution in [0.2, 0.25) is 0 Å². The van der Waals surface area contributed by atoms with Gasteiger partial charge in [-0.3, -0.25) is 10.2 Å². The third-order valence-corrected chi connectivity index (χ3v) is 4.41. The standard InChI is InChI=1S/C17H18N4O3S/c1-10-3-5-12(6-4-10)24-9-15(22)19-11-7-13(23-2)16-14(8-11)25-17(20-16)21-18/h3-8H,9,18H2,1-2H3,(H,19,22)(H,20,21). The number of hydrogen-bond acceptors (Lipinski definition) is 7. The number of carbonyl (C=O) groups is 1. The molecule has 0 aliphatic heterocycles. The number of nitrogen functional groups attached to an aromatic ring is 1. The monoisotopic (exact) mass is 358 g/mol. The molecule has 0 unspecified atom stereocenters. The Balaban J connectivity index is 1.70. The van der Waals surface area contributed by atoms with E-state index >= 15 is 0 Å². The molecule has 25 heavy (non-hydrogen) atoms. The van der Waals surface area contributed by atoms with Crippen molar-refractivity contribution in [1.29, 1.82) is 0 Å². The summed E-state index contributed by atoms with van der Waals surface area (Å²) in [6.07, 6.45) is 0. The molecule has 0 spiro atoms. The molecule has 0 radical (unpaired) electrons. The van der Waals surface area contributed by atoms with E-state index in [0.717, 1.165) is 10.3 Å². The molecule has 0 atom stereocenters. The largest absolute Gasteiger partial charge is 0.494 e. The maximum absolute atomic E-state index is 12.1. The third kappa shape index (κ3) is 3.98. The Labute approximate surface area is 148 Å². The lowest BCUT2D eigenvalue weighted by Crippen LogP contribution is -2.20. The average Bonchev–Trinajstić information content (AvgIpc) is 3.03. The van der Waals surface area contributed by atoms with Crippen LogP contribution in [0.5, 0.6) is 11.5 Å². The number of fused-ring (bicyclic) bond motifs is 1. The van der Waals surface area contributed by atoms with E-state index in [0.29, 0.717) is 27.8 Å². The Bertz CT molecular complexity index is 893. The number of methoxy groups -OCH3 is 1. The van der Waals surface area contributed by atoms with E-state index in [1.807, 2.05) is 37.3 Å². The van der Waals surface area contributed by atoms with E-state index in [1.54, 1.807) is 13.2 Å². The molecular formula is C17H18N4O3S. The number of nitrogens with one attached hydrogen (secondary N) is 2. The summed E-state index contributed by atoms with van der Waals surface area (Å²) in [5.74, 6) is 6.35. The number of ether oxygens (including phenoxy) is 2. The van der Waals surface area contributed by atoms with Gasteiger partial charge in [0.1, 0.15) is 17.0 Å². The fourth-order valence-corrected chi connectivity index (χ4v) is 3.10. The SMILES string of the molecule is COc1cc(NC(=O)COc2ccc(C)cc2)cc2sc(NN)nc12. The van der Waals surface area contributed by atoms with Gasteiger partial charge in [-0.25, -0.2) is 10.8 Å². The number of benzene rings is 2. The Kier molecular flexibility index (Phi) is 5.01. The van der Waals surface area contributed by atoms with Gasteiger partial charge >= 0.3 is 0 Å². The minimum absolute atomic E-state index is 0.0816. The quantitative estimate of drug-likeness (QED) is 0.463. The minimum Gasteiger partial charge on any atom is -0.494 e. The lowest BCUT2D eigenvalue weighted by Gasteiger charge is -2.09. The van der Waals surface area contributed by atoms with Gasteiger partial charge in [0.25, 0.3) is 5.91 Å². The number of amides is 1. The van der Waals surface area contributed by atoms with Gasteiger partial charge in [0.15, 0.2) is 11.7 Å². The maximum atomic E-state index is 12.1. The fraction of sp³-hybridized carbons (Fsp3) is 0.176. The highest BCUT2D eigenvalue weighted by atomic mass is 32.1. The van der Waals surface area contributed by atoms with Crippen molar-refractivity contribution in [2.24, 2.45) is 5.84 Å². The molecule has 1 amide bonds. The first-order valence-corrected chi connectivity index (χ1v) is 8.35. The topological polar surface area (TPSA) is 98.5 Å². The highest BCUT2D eigenvalue weighted by Crippen LogP contribution is 2.35. The second-order valence-electron chi connectivity index (χ2n) is 5.34. The number of hydrazine groups is 1. The van der Waals surface area contributed by atoms with E-state index < -0.39 is 0 Å². The maximum Gasteiger partial charge on any atom is 0.262 e. The van der Waals surface area contributed by atoms with Crippen LogP contribution in [-0.4, -0.2) is 24.6 Å². The predicted octanol–water partition coefficient (Wildman–Crippen LogP) is 2.92. The lowest BCUT2D eigenvalue weighted by atomic mass is 10.2. The summed E-state index contributed by atoms with van der Waals surface area (Å²) in [6, 6.07) is 11.1. The van der Waals surface area contributed by atoms with Crippen molar-refractivity contribution in [2.75, 3.05) is 24.5 Å². The zero-order chi connectivity index (χ0) is 17.8. The Hall–Kier alpha value is -2.84. The first-order chi connectivity index (χ1) is 12.1. The van der Waals surface area contributed by atoms with Gasteiger partial charge in [-0.15, -0.1) is 0 Å². The summed E-state index contributed by atoms with van der Waals surface area (Å²) in [5, 5.41) is 3.37. The van der Waals surface area contributed by atoms with Crippen LogP contribution >= 0.6 is 11.3 Å². The van der Waals surface area contributed by atoms with Crippen LogP contribution in [0, 0.1) is 6.92 Å². The number of hydrogen-bond donors (Lipinski definition) is 3. The Morgan fingerprint density at radius 2 is 2.04 bits per heavy atom. The van der Waals surface area contributed by atoms with Crippen LogP contribution in [0.15, 0.2) is 36.4 Å². The lowest BCUT2D eigenvalue weighted by molar-refractivity contribution is -0.118. The van der Waals surface area contributed by atoms with Gasteiger partial charge in [-0.1, -0.05) is 29.0 Å². The number of carbonyl (C=O) groups excluding carboxylic acids is 1. The van der Waals surface area contributed by atoms with E-state index in [1.165, 1.54) is 11.3 Å². The molecule has 1 heterocycles. The van der Waals surface area contributed by atoms with Crippen molar-refractivity contribution in [3.05, 3.63) is 42.0 Å². The van der Waals surface area contributed by atoms with Gasteiger partial charge in [0.2, 0.25) is 0 Å². The normalized spacial score (nSPS) is 10.5. The summed E-state index contributed by atoms with van der Waals surface area (Å²) in [4.78, 5) is 16.5. The van der Waals surface area contributed by atoms with E-state index in [-0.39, 0.29) is 12.5 Å². The van der Waals surface area contributed by atoms with Crippen LogP contribution < -0.4 is 26.1 Å². The average molecular weight is 358 g/mol. The van der Waals surface area contributed by atoms with Gasteiger partial charge in [-0.05, 0) is 25.1 Å². The summed E-state index contributed by atoms with van der Waals surface area (Å²) >= 11 is 1.37. The summed E-state index contributed by atoms with van der Waals surface area (Å²) in [7, 11) is 1.55. The van der Waals surface area contributed by atoms with Crippen LogP contribution in [-0.2, 0) is 4.79 Å². The van der Waals surface area contributed by atoms with Crippen LogP contribution in [0.1, 0.15) is 5.56 Å². The smallest absolute Gasteiger partial charge is 0.262 e. The van der Waals surface area contributed by atoms with Crippen molar-refractivity contribution in [3.63, 3.8) is 0 Å². The molecule has 0 bridgehead atoms. The van der Waals surface area contributed by atoms with Crippen molar-refractivity contribution < 1.29 is 14.3 Å². The van der Waals surface area contributed by atoms with Crippen LogP contribution in [0.4, 0.5) is 10.8 Å². The number of aromatic nitrogens is 1. The summed E-state index contributed by atoms with van der Waals surface area (Å²) in [6.45, 7) is 1.91. The zero-order valence-electron chi connectivity index (χ0n) is 13.8. The van der Waals surface area contributed by atoms with Crippen molar-refractivity contribution in [1.82, 2.24) is 4.98 Å². The van der Waals surface area contributed by atoms with Gasteiger partial charge in [-0.2, -0.15) is 0 Å². The number of thiazole rings is 1. The highest BCUT2D eigenvalue weighted by molar-refractivity contribution is 7.22. The molecule has 3 rings (SSSR count). The highest BCUT2D eigenvalue weighted by Gasteiger charge is 2.12. The van der Waals surface area contributed by atoms with Gasteiger partial charge in [0.05, 0.1) is 11.8 Å². The van der Waals surface area contributed by atoms with Crippen molar-refractivity contribution in [3.8, 4) is 11.5 Å². The first kappa shape index (κ1) is 17.0. The number of anilines is 2. The Morgan fingerprint density at radius 3 is 2.72 bits per heavy atom. The molecule has 2 aromatic carbocycles. The molecule has 7 nitrogen and oxygen atoms in total. The van der Waals surface area contributed by atoms with E-state index in [9.17, 15) is 4.79 Å². The fourth-order valence-electron chi connectivity index (χ4n) is 2.27. The van der Waals surface area contributed by atoms with Crippen molar-refractivity contribution in [2.45, 2.75) is 6.92 Å². The second kappa shape index (κ2) is 7.37. The van der Waals surface area contributed by atoms with Crippen LogP contribution in [0.25, 0.3) is 10.2 Å². The summed E-state index contributed by atoms with van der Waals surface area (Å²) < 4.78 is 11.7. The van der Waals surface area contributed by atoms with Gasteiger partial charge < -0.3 is 14.8 Å². The molecule has 0 aliphatic rings. The van der Waals surface area contributed by atoms with Crippen molar-refractivity contribution >= 4 is 38.3 Å². The minimum atomic E-state index is -0.260. The van der Waals surface area contributed by atoms with Gasteiger partial charge in [0, 0.05) is 11.8 Å². The Morgan fingerprint density at radius 1 is 1.28 bits per heavy atom. The molecule has 0 saturated heterocycles. The molecule has 0 fully saturated rings. The molecule has 8 heteroatoms. The molecule has 1 aromatic heterocycles.